The third-order valence-electron chi connectivity index (χ3n) is 2.61. The van der Waals surface area contributed by atoms with Crippen LogP contribution in [0.1, 0.15) is 5.56 Å². The van der Waals surface area contributed by atoms with Crippen LogP contribution in [-0.2, 0) is 0 Å². The number of benzene rings is 1. The molecule has 0 spiro atoms. The Morgan fingerprint density at radius 2 is 1.88 bits per heavy atom. The van der Waals surface area contributed by atoms with E-state index >= 15 is 0 Å². The zero-order valence-electron chi connectivity index (χ0n) is 9.98. The number of hydrogen-bond acceptors (Lipinski definition) is 5. The highest BCUT2D eigenvalue weighted by Crippen LogP contribution is 2.34. The lowest BCUT2D eigenvalue weighted by Gasteiger charge is -2.08. The van der Waals surface area contributed by atoms with E-state index in [1.807, 2.05) is 25.1 Å². The molecule has 0 fully saturated rings. The van der Waals surface area contributed by atoms with Crippen LogP contribution in [0, 0.1) is 6.92 Å². The third-order valence-corrected chi connectivity index (χ3v) is 2.61. The fraction of sp³-hybridized carbons (Fsp3) is 0.250. The Bertz CT molecular complexity index is 535. The maximum absolute atomic E-state index is 5.64. The van der Waals surface area contributed by atoms with E-state index in [-0.39, 0.29) is 0 Å². The van der Waals surface area contributed by atoms with Gasteiger partial charge in [0.05, 0.1) is 14.2 Å². The fourth-order valence-corrected chi connectivity index (χ4v) is 1.59. The molecule has 90 valence electrons. The first-order chi connectivity index (χ1) is 8.17. The van der Waals surface area contributed by atoms with Crippen LogP contribution in [0.25, 0.3) is 11.3 Å². The van der Waals surface area contributed by atoms with E-state index in [1.54, 1.807) is 14.2 Å². The van der Waals surface area contributed by atoms with Gasteiger partial charge in [-0.3, -0.25) is 0 Å². The van der Waals surface area contributed by atoms with Gasteiger partial charge < -0.3 is 19.7 Å². The van der Waals surface area contributed by atoms with Gasteiger partial charge in [-0.05, 0) is 25.1 Å². The van der Waals surface area contributed by atoms with Crippen molar-refractivity contribution in [2.75, 3.05) is 20.0 Å². The summed E-state index contributed by atoms with van der Waals surface area (Å²) in [6, 6.07) is 5.51. The van der Waals surface area contributed by atoms with Gasteiger partial charge in [0, 0.05) is 11.1 Å². The summed E-state index contributed by atoms with van der Waals surface area (Å²) in [4.78, 5) is 0. The Morgan fingerprint density at radius 1 is 1.18 bits per heavy atom. The van der Waals surface area contributed by atoms with Crippen molar-refractivity contribution < 1.29 is 14.0 Å². The monoisotopic (exact) mass is 234 g/mol. The van der Waals surface area contributed by atoms with E-state index in [9.17, 15) is 0 Å². The predicted molar refractivity (Wildman–Crippen MR) is 64.2 cm³/mol. The molecule has 1 aromatic heterocycles. The second-order valence-corrected chi connectivity index (χ2v) is 3.59. The predicted octanol–water partition coefficient (Wildman–Crippen LogP) is 2.25. The van der Waals surface area contributed by atoms with Gasteiger partial charge in [-0.15, -0.1) is 0 Å². The second kappa shape index (κ2) is 4.37. The molecule has 0 aliphatic heterocycles. The highest BCUT2D eigenvalue weighted by atomic mass is 16.5. The summed E-state index contributed by atoms with van der Waals surface area (Å²) >= 11 is 0. The van der Waals surface area contributed by atoms with E-state index in [0.717, 1.165) is 11.1 Å². The largest absolute Gasteiger partial charge is 0.493 e. The van der Waals surface area contributed by atoms with E-state index < -0.39 is 0 Å². The van der Waals surface area contributed by atoms with Gasteiger partial charge in [0.25, 0.3) is 0 Å². The van der Waals surface area contributed by atoms with Crippen LogP contribution in [-0.4, -0.2) is 19.4 Å². The first-order valence-corrected chi connectivity index (χ1v) is 5.11. The molecule has 5 heteroatoms. The van der Waals surface area contributed by atoms with Gasteiger partial charge in [-0.2, -0.15) is 0 Å². The maximum Gasteiger partial charge on any atom is 0.172 e. The summed E-state index contributed by atoms with van der Waals surface area (Å²) in [5.74, 6) is 2.35. The Labute approximate surface area is 99.1 Å². The molecule has 0 bridgehead atoms. The van der Waals surface area contributed by atoms with Crippen LogP contribution < -0.4 is 15.2 Å². The van der Waals surface area contributed by atoms with Gasteiger partial charge in [0.1, 0.15) is 0 Å². The molecule has 2 N–H and O–H groups in total. The van der Waals surface area contributed by atoms with Gasteiger partial charge in [-0.25, -0.2) is 0 Å². The highest BCUT2D eigenvalue weighted by Gasteiger charge is 2.14. The highest BCUT2D eigenvalue weighted by molar-refractivity contribution is 5.68. The molecule has 2 aromatic rings. The Kier molecular flexibility index (Phi) is 2.91. The van der Waals surface area contributed by atoms with Crippen molar-refractivity contribution in [1.82, 2.24) is 5.16 Å². The summed E-state index contributed by atoms with van der Waals surface area (Å²) in [5, 5.41) is 3.72. The number of ether oxygens (including phenoxy) is 2. The number of anilines is 1. The zero-order chi connectivity index (χ0) is 12.4. The Balaban J connectivity index is 2.50. The summed E-state index contributed by atoms with van der Waals surface area (Å²) in [5.41, 5.74) is 7.31. The molecule has 0 radical (unpaired) electrons. The van der Waals surface area contributed by atoms with E-state index in [2.05, 4.69) is 5.16 Å². The molecular formula is C12H14N2O3. The van der Waals surface area contributed by atoms with Crippen molar-refractivity contribution in [3.8, 4) is 22.8 Å². The van der Waals surface area contributed by atoms with Crippen LogP contribution in [0.2, 0.25) is 0 Å². The summed E-state index contributed by atoms with van der Waals surface area (Å²) in [6.45, 7) is 1.86. The fourth-order valence-electron chi connectivity index (χ4n) is 1.59. The number of hydrogen-bond donors (Lipinski definition) is 1. The van der Waals surface area contributed by atoms with E-state index in [0.29, 0.717) is 23.1 Å². The molecule has 0 atom stereocenters. The lowest BCUT2D eigenvalue weighted by Crippen LogP contribution is -1.91. The molecule has 1 heterocycles. The molecule has 1 aromatic carbocycles. The van der Waals surface area contributed by atoms with Gasteiger partial charge in [0.2, 0.25) is 0 Å². The quantitative estimate of drug-likeness (QED) is 0.881. The topological polar surface area (TPSA) is 70.5 Å². The molecule has 0 aliphatic rings. The van der Waals surface area contributed by atoms with Crippen LogP contribution in [0.3, 0.4) is 0 Å². The smallest absolute Gasteiger partial charge is 0.172 e. The van der Waals surface area contributed by atoms with Crippen LogP contribution >= 0.6 is 0 Å². The molecule has 0 saturated carbocycles. The molecule has 0 aliphatic carbocycles. The van der Waals surface area contributed by atoms with Crippen LogP contribution in [0.5, 0.6) is 11.5 Å². The molecule has 0 amide bonds. The number of nitrogens with two attached hydrogens (primary N) is 1. The average molecular weight is 234 g/mol. The van der Waals surface area contributed by atoms with E-state index in [1.165, 1.54) is 0 Å². The minimum absolute atomic E-state index is 0.398. The number of rotatable bonds is 3. The molecular weight excluding hydrogens is 220 g/mol. The van der Waals surface area contributed by atoms with Crippen LogP contribution in [0.15, 0.2) is 22.7 Å². The number of methoxy groups -OCH3 is 2. The molecule has 17 heavy (non-hydrogen) atoms. The van der Waals surface area contributed by atoms with Gasteiger partial charge in [-0.1, -0.05) is 5.16 Å². The molecule has 2 rings (SSSR count). The second-order valence-electron chi connectivity index (χ2n) is 3.59. The number of aromatic nitrogens is 1. The molecule has 0 unspecified atom stereocenters. The Hall–Kier alpha value is -2.17. The summed E-state index contributed by atoms with van der Waals surface area (Å²) in [6.07, 6.45) is 0. The minimum Gasteiger partial charge on any atom is -0.493 e. The van der Waals surface area contributed by atoms with Crippen molar-refractivity contribution in [3.63, 3.8) is 0 Å². The average Bonchev–Trinajstić information content (AvgIpc) is 2.69. The minimum atomic E-state index is 0.398. The lowest BCUT2D eigenvalue weighted by atomic mass is 10.1. The van der Waals surface area contributed by atoms with E-state index in [4.69, 9.17) is 19.7 Å². The lowest BCUT2D eigenvalue weighted by molar-refractivity contribution is 0.355. The van der Waals surface area contributed by atoms with Crippen molar-refractivity contribution >= 4 is 5.82 Å². The van der Waals surface area contributed by atoms with Crippen molar-refractivity contribution in [3.05, 3.63) is 23.8 Å². The normalized spacial score (nSPS) is 10.3. The zero-order valence-corrected chi connectivity index (χ0v) is 9.98. The van der Waals surface area contributed by atoms with Gasteiger partial charge >= 0.3 is 0 Å². The first kappa shape index (κ1) is 11.3. The maximum atomic E-state index is 5.64. The third kappa shape index (κ3) is 1.91. The Morgan fingerprint density at radius 3 is 2.41 bits per heavy atom. The number of nitrogen functional groups attached to an aromatic ring is 1. The van der Waals surface area contributed by atoms with Crippen LogP contribution in [0.4, 0.5) is 5.82 Å². The molecule has 0 saturated heterocycles. The first-order valence-electron chi connectivity index (χ1n) is 5.11. The number of nitrogens with zero attached hydrogens (tertiary/aromatic N) is 1. The molecule has 5 nitrogen and oxygen atoms in total. The van der Waals surface area contributed by atoms with Crippen molar-refractivity contribution in [1.29, 1.82) is 0 Å². The van der Waals surface area contributed by atoms with Crippen molar-refractivity contribution in [2.45, 2.75) is 6.92 Å². The summed E-state index contributed by atoms with van der Waals surface area (Å²) in [7, 11) is 3.18. The summed E-state index contributed by atoms with van der Waals surface area (Å²) < 4.78 is 15.6. The van der Waals surface area contributed by atoms with Gasteiger partial charge in [0.15, 0.2) is 23.1 Å². The standard InChI is InChI=1S/C12H14N2O3/c1-7-11(17-14-12(7)13)8-4-5-9(15-2)10(6-8)16-3/h4-6H,1-3H3,(H2,13,14). The van der Waals surface area contributed by atoms with Crippen molar-refractivity contribution in [2.24, 2.45) is 0 Å². The SMILES string of the molecule is COc1ccc(-c2onc(N)c2C)cc1OC.